The van der Waals surface area contributed by atoms with E-state index in [-0.39, 0.29) is 6.79 Å². The molecule has 0 N–H and O–H groups in total. The Morgan fingerprint density at radius 2 is 1.23 bits per heavy atom. The summed E-state index contributed by atoms with van der Waals surface area (Å²) in [6, 6.07) is 17.9. The van der Waals surface area contributed by atoms with Crippen LogP contribution in [0.3, 0.4) is 0 Å². The molecule has 0 saturated heterocycles. The molecule has 0 bridgehead atoms. The minimum atomic E-state index is -0.457. The fourth-order valence-electron chi connectivity index (χ4n) is 4.08. The Balaban J connectivity index is 1.41. The number of carbonyl (C=O) groups is 2. The van der Waals surface area contributed by atoms with Gasteiger partial charge in [0, 0.05) is 6.08 Å². The van der Waals surface area contributed by atoms with E-state index < -0.39 is 11.9 Å². The molecule has 0 fully saturated rings. The van der Waals surface area contributed by atoms with Crippen LogP contribution in [0, 0.1) is 13.8 Å². The molecule has 0 unspecified atom stereocenters. The normalized spacial score (nSPS) is 10.5. The number of esters is 2. The Labute approximate surface area is 254 Å². The van der Waals surface area contributed by atoms with Crippen molar-refractivity contribution in [1.29, 1.82) is 0 Å². The summed E-state index contributed by atoms with van der Waals surface area (Å²) in [4.78, 5) is 23.9. The fourth-order valence-corrected chi connectivity index (χ4v) is 4.08. The fraction of sp³-hybridized carbons (Fsp3) is 0.371. The van der Waals surface area contributed by atoms with Crippen LogP contribution in [-0.2, 0) is 9.53 Å². The Kier molecular flexibility index (Phi) is 14.0. The van der Waals surface area contributed by atoms with E-state index in [0.29, 0.717) is 48.2 Å². The molecule has 43 heavy (non-hydrogen) atoms. The summed E-state index contributed by atoms with van der Waals surface area (Å²) >= 11 is 0. The van der Waals surface area contributed by atoms with E-state index >= 15 is 0 Å². The topological polar surface area (TPSA) is 89.5 Å². The highest BCUT2D eigenvalue weighted by atomic mass is 16.7. The van der Waals surface area contributed by atoms with Crippen LogP contribution in [0.5, 0.6) is 28.7 Å². The maximum absolute atomic E-state index is 12.9. The smallest absolute Gasteiger partial charge is 0.343 e. The molecule has 3 rings (SSSR count). The van der Waals surface area contributed by atoms with Crippen LogP contribution in [0.2, 0.25) is 0 Å². The van der Waals surface area contributed by atoms with Crippen molar-refractivity contribution < 1.29 is 38.0 Å². The molecule has 0 aliphatic heterocycles. The molecular formula is C35H42O8. The molecule has 0 heterocycles. The minimum absolute atomic E-state index is 0.0339. The number of hydrogen-bond donors (Lipinski definition) is 0. The van der Waals surface area contributed by atoms with Gasteiger partial charge in [-0.3, -0.25) is 0 Å². The van der Waals surface area contributed by atoms with Gasteiger partial charge in [-0.1, -0.05) is 32.8 Å². The summed E-state index contributed by atoms with van der Waals surface area (Å²) in [5.74, 6) is 2.31. The summed E-state index contributed by atoms with van der Waals surface area (Å²) in [6.45, 7) is 10.8. The van der Waals surface area contributed by atoms with Gasteiger partial charge < -0.3 is 28.4 Å². The zero-order valence-electron chi connectivity index (χ0n) is 25.4. The second-order valence-electron chi connectivity index (χ2n) is 10.0. The van der Waals surface area contributed by atoms with Crippen LogP contribution in [-0.4, -0.2) is 38.6 Å². The Morgan fingerprint density at radius 1 is 0.674 bits per heavy atom. The first-order chi connectivity index (χ1) is 20.9. The third kappa shape index (κ3) is 11.7. The number of ether oxygens (including phenoxy) is 6. The maximum atomic E-state index is 12.9. The van der Waals surface area contributed by atoms with Gasteiger partial charge in [0.15, 0.2) is 0 Å². The number of benzene rings is 3. The van der Waals surface area contributed by atoms with Crippen LogP contribution in [0.1, 0.15) is 66.9 Å². The average molecular weight is 591 g/mol. The molecule has 0 aliphatic carbocycles. The van der Waals surface area contributed by atoms with Gasteiger partial charge in [0.25, 0.3) is 0 Å². The van der Waals surface area contributed by atoms with Crippen molar-refractivity contribution in [2.24, 2.45) is 0 Å². The Bertz CT molecular complexity index is 1320. The van der Waals surface area contributed by atoms with Gasteiger partial charge >= 0.3 is 11.9 Å². The molecule has 0 amide bonds. The molecule has 8 heteroatoms. The molecule has 0 spiro atoms. The summed E-state index contributed by atoms with van der Waals surface area (Å²) in [5.41, 5.74) is 1.94. The molecule has 0 aromatic heterocycles. The Morgan fingerprint density at radius 3 is 1.91 bits per heavy atom. The predicted molar refractivity (Wildman–Crippen MR) is 165 cm³/mol. The van der Waals surface area contributed by atoms with Gasteiger partial charge in [-0.15, -0.1) is 0 Å². The standard InChI is InChI=1S/C35H42O8/c1-5-7-8-9-20-38-28-12-14-29(15-13-28)41-25-42-31-17-19-33(27(4)24-31)43-35(37)32-18-16-30(23-26(32)3)39-21-10-11-22-40-34(36)6-2/h6,12-19,23-24H,2,5,7-11,20-22,25H2,1,3-4H3. The number of carbonyl (C=O) groups excluding carboxylic acids is 2. The van der Waals surface area contributed by atoms with E-state index in [2.05, 4.69) is 13.5 Å². The number of hydrogen-bond acceptors (Lipinski definition) is 8. The number of aryl methyl sites for hydroxylation is 2. The summed E-state index contributed by atoms with van der Waals surface area (Å²) < 4.78 is 33.6. The van der Waals surface area contributed by atoms with E-state index in [0.717, 1.165) is 42.4 Å². The highest BCUT2D eigenvalue weighted by Crippen LogP contribution is 2.26. The maximum Gasteiger partial charge on any atom is 0.343 e. The number of rotatable bonds is 19. The molecule has 3 aromatic carbocycles. The highest BCUT2D eigenvalue weighted by molar-refractivity contribution is 5.93. The van der Waals surface area contributed by atoms with Gasteiger partial charge in [0.1, 0.15) is 28.7 Å². The van der Waals surface area contributed by atoms with Crippen molar-refractivity contribution in [3.63, 3.8) is 0 Å². The van der Waals surface area contributed by atoms with Gasteiger partial charge in [0.05, 0.1) is 25.4 Å². The van der Waals surface area contributed by atoms with Gasteiger partial charge in [-0.25, -0.2) is 9.59 Å². The zero-order valence-corrected chi connectivity index (χ0v) is 25.4. The van der Waals surface area contributed by atoms with Crippen LogP contribution in [0.15, 0.2) is 73.3 Å². The average Bonchev–Trinajstić information content (AvgIpc) is 3.00. The first-order valence-corrected chi connectivity index (χ1v) is 14.7. The van der Waals surface area contributed by atoms with E-state index in [1.54, 1.807) is 36.4 Å². The molecular weight excluding hydrogens is 548 g/mol. The Hall–Kier alpha value is -4.46. The molecule has 230 valence electrons. The van der Waals surface area contributed by atoms with Crippen LogP contribution in [0.4, 0.5) is 0 Å². The second-order valence-corrected chi connectivity index (χ2v) is 10.0. The van der Waals surface area contributed by atoms with Crippen LogP contribution >= 0.6 is 0 Å². The largest absolute Gasteiger partial charge is 0.494 e. The van der Waals surface area contributed by atoms with Gasteiger partial charge in [0.2, 0.25) is 6.79 Å². The molecule has 0 atom stereocenters. The summed E-state index contributed by atoms with van der Waals surface area (Å²) in [7, 11) is 0. The quantitative estimate of drug-likeness (QED) is 0.0460. The van der Waals surface area contributed by atoms with Crippen molar-refractivity contribution in [2.75, 3.05) is 26.6 Å². The lowest BCUT2D eigenvalue weighted by molar-refractivity contribution is -0.137. The summed E-state index contributed by atoms with van der Waals surface area (Å²) in [5, 5.41) is 0. The first-order valence-electron chi connectivity index (χ1n) is 14.7. The van der Waals surface area contributed by atoms with E-state index in [1.807, 2.05) is 38.1 Å². The van der Waals surface area contributed by atoms with Gasteiger partial charge in [-0.05, 0) is 105 Å². The van der Waals surface area contributed by atoms with Crippen LogP contribution in [0.25, 0.3) is 0 Å². The van der Waals surface area contributed by atoms with Crippen molar-refractivity contribution in [3.05, 3.63) is 90.0 Å². The monoisotopic (exact) mass is 590 g/mol. The molecule has 3 aromatic rings. The molecule has 0 saturated carbocycles. The minimum Gasteiger partial charge on any atom is -0.494 e. The lowest BCUT2D eigenvalue weighted by atomic mass is 10.1. The zero-order chi connectivity index (χ0) is 30.9. The third-order valence-electron chi connectivity index (χ3n) is 6.53. The second kappa shape index (κ2) is 18.2. The number of unbranched alkanes of at least 4 members (excludes halogenated alkanes) is 4. The molecule has 8 nitrogen and oxygen atoms in total. The lowest BCUT2D eigenvalue weighted by Crippen LogP contribution is -2.11. The van der Waals surface area contributed by atoms with Crippen molar-refractivity contribution in [2.45, 2.75) is 59.3 Å². The molecule has 0 aliphatic rings. The van der Waals surface area contributed by atoms with Crippen molar-refractivity contribution in [1.82, 2.24) is 0 Å². The van der Waals surface area contributed by atoms with Gasteiger partial charge in [-0.2, -0.15) is 0 Å². The van der Waals surface area contributed by atoms with Crippen molar-refractivity contribution in [3.8, 4) is 28.7 Å². The lowest BCUT2D eigenvalue weighted by Gasteiger charge is -2.13. The summed E-state index contributed by atoms with van der Waals surface area (Å²) in [6.07, 6.45) is 7.23. The van der Waals surface area contributed by atoms with Crippen LogP contribution < -0.4 is 23.7 Å². The molecule has 0 radical (unpaired) electrons. The SMILES string of the molecule is C=CC(=O)OCCCCOc1ccc(C(=O)Oc2ccc(OCOc3ccc(OCCCCCC)cc3)cc2C)c(C)c1. The highest BCUT2D eigenvalue weighted by Gasteiger charge is 2.14. The van der Waals surface area contributed by atoms with Crippen molar-refractivity contribution >= 4 is 11.9 Å². The van der Waals surface area contributed by atoms with E-state index in [9.17, 15) is 9.59 Å². The predicted octanol–water partition coefficient (Wildman–Crippen LogP) is 7.79. The first kappa shape index (κ1) is 33.0. The van der Waals surface area contributed by atoms with E-state index in [4.69, 9.17) is 28.4 Å². The van der Waals surface area contributed by atoms with E-state index in [1.165, 1.54) is 19.3 Å². The third-order valence-corrected chi connectivity index (χ3v) is 6.53.